The summed E-state index contributed by atoms with van der Waals surface area (Å²) in [7, 11) is 1.48. The summed E-state index contributed by atoms with van der Waals surface area (Å²) in [5.74, 6) is 0.322. The van der Waals surface area contributed by atoms with Gasteiger partial charge in [-0.15, -0.1) is 0 Å². The van der Waals surface area contributed by atoms with Gasteiger partial charge >= 0.3 is 0 Å². The van der Waals surface area contributed by atoms with Crippen LogP contribution in [0, 0.1) is 0 Å². The van der Waals surface area contributed by atoms with Crippen LogP contribution in [0.5, 0.6) is 5.88 Å². The highest BCUT2D eigenvalue weighted by molar-refractivity contribution is 5.91. The summed E-state index contributed by atoms with van der Waals surface area (Å²) < 4.78 is 9.67. The molecule has 0 radical (unpaired) electrons. The van der Waals surface area contributed by atoms with Crippen molar-refractivity contribution < 1.29 is 14.1 Å². The molecule has 1 aliphatic rings. The SMILES string of the molecule is COc1cc(C(=O)NC2CCCC2)on1. The van der Waals surface area contributed by atoms with Crippen molar-refractivity contribution in [1.82, 2.24) is 10.5 Å². The number of hydrogen-bond donors (Lipinski definition) is 1. The van der Waals surface area contributed by atoms with E-state index < -0.39 is 0 Å². The zero-order chi connectivity index (χ0) is 10.7. The predicted molar refractivity (Wildman–Crippen MR) is 52.8 cm³/mol. The van der Waals surface area contributed by atoms with Crippen LogP contribution < -0.4 is 10.1 Å². The number of nitrogens with zero attached hydrogens (tertiary/aromatic N) is 1. The third-order valence-electron chi connectivity index (χ3n) is 2.61. The van der Waals surface area contributed by atoms with Gasteiger partial charge in [-0.2, -0.15) is 0 Å². The van der Waals surface area contributed by atoms with Gasteiger partial charge in [-0.05, 0) is 18.0 Å². The Kier molecular flexibility index (Phi) is 2.89. The van der Waals surface area contributed by atoms with Gasteiger partial charge in [-0.25, -0.2) is 0 Å². The molecule has 1 saturated carbocycles. The molecule has 1 fully saturated rings. The second kappa shape index (κ2) is 4.33. The molecule has 15 heavy (non-hydrogen) atoms. The largest absolute Gasteiger partial charge is 0.479 e. The topological polar surface area (TPSA) is 64.4 Å². The number of amides is 1. The van der Waals surface area contributed by atoms with Crippen LogP contribution in [0.2, 0.25) is 0 Å². The Morgan fingerprint density at radius 3 is 2.93 bits per heavy atom. The first-order valence-corrected chi connectivity index (χ1v) is 5.11. The molecule has 0 atom stereocenters. The zero-order valence-corrected chi connectivity index (χ0v) is 8.66. The van der Waals surface area contributed by atoms with Crippen LogP contribution in [0.3, 0.4) is 0 Å². The third kappa shape index (κ3) is 2.29. The van der Waals surface area contributed by atoms with Gasteiger partial charge in [0, 0.05) is 6.04 Å². The lowest BCUT2D eigenvalue weighted by atomic mass is 10.2. The predicted octanol–water partition coefficient (Wildman–Crippen LogP) is 1.36. The minimum Gasteiger partial charge on any atom is -0.479 e. The summed E-state index contributed by atoms with van der Waals surface area (Å²) in [5, 5.41) is 6.48. The second-order valence-electron chi connectivity index (χ2n) is 3.69. The molecule has 0 bridgehead atoms. The minimum absolute atomic E-state index is 0.207. The van der Waals surface area contributed by atoms with Gasteiger partial charge in [-0.3, -0.25) is 4.79 Å². The molecule has 1 heterocycles. The van der Waals surface area contributed by atoms with E-state index in [1.54, 1.807) is 0 Å². The maximum absolute atomic E-state index is 11.6. The maximum atomic E-state index is 11.6. The van der Waals surface area contributed by atoms with E-state index in [4.69, 9.17) is 9.26 Å². The highest BCUT2D eigenvalue weighted by atomic mass is 16.5. The number of carbonyl (C=O) groups excluding carboxylic acids is 1. The fourth-order valence-electron chi connectivity index (χ4n) is 1.79. The van der Waals surface area contributed by atoms with Gasteiger partial charge in [0.1, 0.15) is 0 Å². The summed E-state index contributed by atoms with van der Waals surface area (Å²) in [6.45, 7) is 0. The third-order valence-corrected chi connectivity index (χ3v) is 2.61. The maximum Gasteiger partial charge on any atom is 0.290 e. The molecule has 0 spiro atoms. The number of rotatable bonds is 3. The summed E-state index contributed by atoms with van der Waals surface area (Å²) in [6.07, 6.45) is 4.48. The van der Waals surface area contributed by atoms with Crippen molar-refractivity contribution in [3.8, 4) is 5.88 Å². The van der Waals surface area contributed by atoms with Crippen molar-refractivity contribution in [2.45, 2.75) is 31.7 Å². The lowest BCUT2D eigenvalue weighted by Gasteiger charge is -2.09. The molecular weight excluding hydrogens is 196 g/mol. The van der Waals surface area contributed by atoms with Crippen LogP contribution in [0.4, 0.5) is 0 Å². The average molecular weight is 210 g/mol. The molecule has 2 rings (SSSR count). The summed E-state index contributed by atoms with van der Waals surface area (Å²) >= 11 is 0. The molecule has 0 aliphatic heterocycles. The van der Waals surface area contributed by atoms with E-state index in [0.717, 1.165) is 12.8 Å². The smallest absolute Gasteiger partial charge is 0.290 e. The van der Waals surface area contributed by atoms with E-state index in [9.17, 15) is 4.79 Å². The van der Waals surface area contributed by atoms with Crippen molar-refractivity contribution in [1.29, 1.82) is 0 Å². The Morgan fingerprint density at radius 1 is 1.60 bits per heavy atom. The first-order valence-electron chi connectivity index (χ1n) is 5.11. The van der Waals surface area contributed by atoms with Crippen molar-refractivity contribution >= 4 is 5.91 Å². The first-order chi connectivity index (χ1) is 7.29. The van der Waals surface area contributed by atoms with Crippen molar-refractivity contribution in [2.24, 2.45) is 0 Å². The van der Waals surface area contributed by atoms with Crippen LogP contribution in [0.1, 0.15) is 36.2 Å². The minimum atomic E-state index is -0.210. The number of methoxy groups -OCH3 is 1. The first kappa shape index (κ1) is 10.0. The fourth-order valence-corrected chi connectivity index (χ4v) is 1.79. The lowest BCUT2D eigenvalue weighted by molar-refractivity contribution is 0.0900. The molecule has 1 aromatic heterocycles. The Balaban J connectivity index is 1.94. The van der Waals surface area contributed by atoms with Gasteiger partial charge in [-0.1, -0.05) is 12.8 Å². The number of nitrogens with one attached hydrogen (secondary N) is 1. The molecule has 1 aromatic rings. The van der Waals surface area contributed by atoms with E-state index >= 15 is 0 Å². The number of carbonyl (C=O) groups is 1. The Morgan fingerprint density at radius 2 is 2.33 bits per heavy atom. The van der Waals surface area contributed by atoms with Crippen LogP contribution >= 0.6 is 0 Å². The molecule has 1 N–H and O–H groups in total. The van der Waals surface area contributed by atoms with Crippen LogP contribution in [0.15, 0.2) is 10.6 Å². The molecule has 1 aliphatic carbocycles. The van der Waals surface area contributed by atoms with Gasteiger partial charge in [0.25, 0.3) is 11.8 Å². The zero-order valence-electron chi connectivity index (χ0n) is 8.66. The molecule has 1 amide bonds. The monoisotopic (exact) mass is 210 g/mol. The van der Waals surface area contributed by atoms with Crippen molar-refractivity contribution in [3.63, 3.8) is 0 Å². The second-order valence-corrected chi connectivity index (χ2v) is 3.69. The van der Waals surface area contributed by atoms with Crippen molar-refractivity contribution in [3.05, 3.63) is 11.8 Å². The molecule has 5 heteroatoms. The van der Waals surface area contributed by atoms with E-state index in [1.807, 2.05) is 0 Å². The normalized spacial score (nSPS) is 16.6. The van der Waals surface area contributed by atoms with Crippen molar-refractivity contribution in [2.75, 3.05) is 7.11 Å². The highest BCUT2D eigenvalue weighted by Gasteiger charge is 2.20. The summed E-state index contributed by atoms with van der Waals surface area (Å²) in [6, 6.07) is 1.78. The Hall–Kier alpha value is -1.52. The van der Waals surface area contributed by atoms with E-state index in [0.29, 0.717) is 5.88 Å². The summed E-state index contributed by atoms with van der Waals surface area (Å²) in [4.78, 5) is 11.6. The lowest BCUT2D eigenvalue weighted by Crippen LogP contribution is -2.32. The fraction of sp³-hybridized carbons (Fsp3) is 0.600. The number of ether oxygens (including phenoxy) is 1. The van der Waals surface area contributed by atoms with Gasteiger partial charge < -0.3 is 14.6 Å². The van der Waals surface area contributed by atoms with E-state index in [-0.39, 0.29) is 17.7 Å². The van der Waals surface area contributed by atoms with E-state index in [1.165, 1.54) is 26.0 Å². The summed E-state index contributed by atoms with van der Waals surface area (Å²) in [5.41, 5.74) is 0. The quantitative estimate of drug-likeness (QED) is 0.818. The van der Waals surface area contributed by atoms with Crippen LogP contribution in [-0.4, -0.2) is 24.2 Å². The molecular formula is C10H14N2O3. The standard InChI is InChI=1S/C10H14N2O3/c1-14-9-6-8(15-12-9)10(13)11-7-4-2-3-5-7/h6-7H,2-5H2,1H3,(H,11,13). The molecule has 0 unspecified atom stereocenters. The Labute approximate surface area is 87.8 Å². The highest BCUT2D eigenvalue weighted by Crippen LogP contribution is 2.18. The van der Waals surface area contributed by atoms with Crippen LogP contribution in [-0.2, 0) is 0 Å². The molecule has 0 saturated heterocycles. The Bertz CT molecular complexity index is 342. The molecule has 0 aromatic carbocycles. The van der Waals surface area contributed by atoms with Gasteiger partial charge in [0.15, 0.2) is 0 Å². The molecule has 5 nitrogen and oxygen atoms in total. The van der Waals surface area contributed by atoms with E-state index in [2.05, 4.69) is 10.5 Å². The van der Waals surface area contributed by atoms with Crippen LogP contribution in [0.25, 0.3) is 0 Å². The number of aromatic nitrogens is 1. The average Bonchev–Trinajstić information content (AvgIpc) is 2.86. The van der Waals surface area contributed by atoms with Gasteiger partial charge in [0.2, 0.25) is 5.76 Å². The molecule has 82 valence electrons. The number of hydrogen-bond acceptors (Lipinski definition) is 4. The van der Waals surface area contributed by atoms with Gasteiger partial charge in [0.05, 0.1) is 13.2 Å².